The fraction of sp³-hybridized carbons (Fsp3) is 0.600. The lowest BCUT2D eigenvalue weighted by atomic mass is 10.0. The first-order chi connectivity index (χ1) is 10.6. The van der Waals surface area contributed by atoms with E-state index in [1.165, 1.54) is 63.2 Å². The summed E-state index contributed by atoms with van der Waals surface area (Å²) in [5.74, 6) is 0.857. The maximum atomic E-state index is 2.53. The van der Waals surface area contributed by atoms with Crippen molar-refractivity contribution in [3.63, 3.8) is 0 Å². The molecule has 1 aliphatic rings. The van der Waals surface area contributed by atoms with Crippen LogP contribution in [0, 0.1) is 5.92 Å². The Balaban J connectivity index is 1.64. The van der Waals surface area contributed by atoms with E-state index in [1.807, 2.05) is 0 Å². The number of piperazine rings is 1. The van der Waals surface area contributed by atoms with E-state index in [0.717, 1.165) is 5.92 Å². The molecule has 122 valence electrons. The summed E-state index contributed by atoms with van der Waals surface area (Å²) in [6, 6.07) is 10.8. The molecule has 1 aliphatic heterocycles. The number of quaternary nitrogens is 1. The molecule has 1 atom stereocenters. The summed E-state index contributed by atoms with van der Waals surface area (Å²) in [6.07, 6.45) is 6.34. The van der Waals surface area contributed by atoms with Crippen molar-refractivity contribution in [1.29, 1.82) is 0 Å². The van der Waals surface area contributed by atoms with Crippen LogP contribution in [0.3, 0.4) is 0 Å². The Morgan fingerprint density at radius 2 is 1.82 bits per heavy atom. The van der Waals surface area contributed by atoms with E-state index in [9.17, 15) is 0 Å². The number of anilines is 1. The van der Waals surface area contributed by atoms with Gasteiger partial charge in [0.05, 0.1) is 32.7 Å². The van der Waals surface area contributed by atoms with Crippen LogP contribution in [0.1, 0.15) is 40.0 Å². The van der Waals surface area contributed by atoms with E-state index in [0.29, 0.717) is 0 Å². The minimum Gasteiger partial charge on any atom is -0.360 e. The van der Waals surface area contributed by atoms with Gasteiger partial charge in [0.25, 0.3) is 0 Å². The third-order valence-electron chi connectivity index (χ3n) is 4.79. The Labute approximate surface area is 136 Å². The number of benzene rings is 1. The topological polar surface area (TPSA) is 7.68 Å². The monoisotopic (exact) mass is 301 g/mol. The van der Waals surface area contributed by atoms with Gasteiger partial charge in [0.2, 0.25) is 0 Å². The Hall–Kier alpha value is -1.28. The van der Waals surface area contributed by atoms with Crippen molar-refractivity contribution in [1.82, 2.24) is 0 Å². The highest BCUT2D eigenvalue weighted by molar-refractivity contribution is 5.45. The number of allylic oxidation sites excluding steroid dienone is 2. The van der Waals surface area contributed by atoms with Gasteiger partial charge >= 0.3 is 0 Å². The summed E-state index contributed by atoms with van der Waals surface area (Å²) in [7, 11) is 0. The summed E-state index contributed by atoms with van der Waals surface area (Å²) in [6.45, 7) is 13.1. The van der Waals surface area contributed by atoms with Crippen molar-refractivity contribution >= 4 is 5.69 Å². The van der Waals surface area contributed by atoms with Gasteiger partial charge < -0.3 is 9.80 Å². The number of rotatable bonds is 7. The summed E-state index contributed by atoms with van der Waals surface area (Å²) < 4.78 is 0. The van der Waals surface area contributed by atoms with Gasteiger partial charge in [0.15, 0.2) is 0 Å². The van der Waals surface area contributed by atoms with Crippen LogP contribution >= 0.6 is 0 Å². The molecule has 1 aromatic rings. The zero-order valence-corrected chi connectivity index (χ0v) is 14.6. The number of nitrogens with one attached hydrogen (secondary N) is 1. The maximum Gasteiger partial charge on any atom is 0.0949 e. The number of para-hydroxylation sites is 1. The highest BCUT2D eigenvalue weighted by Gasteiger charge is 2.20. The summed E-state index contributed by atoms with van der Waals surface area (Å²) in [5, 5.41) is 0. The molecule has 2 nitrogen and oxygen atoms in total. The normalized spacial score (nSPS) is 17.3. The van der Waals surface area contributed by atoms with E-state index in [-0.39, 0.29) is 0 Å². The minimum absolute atomic E-state index is 0.857. The smallest absolute Gasteiger partial charge is 0.0949 e. The lowest BCUT2D eigenvalue weighted by Gasteiger charge is -2.34. The fourth-order valence-electron chi connectivity index (χ4n) is 3.22. The van der Waals surface area contributed by atoms with E-state index >= 15 is 0 Å². The quantitative estimate of drug-likeness (QED) is 0.760. The standard InChI is InChI=1S/C20H32N2/c1-18(2)8-7-9-19(3)12-13-21-14-16-22(17-15-21)20-10-5-4-6-11-20/h4-6,8,10-11,19H,7,9,12-17H2,1-3H3/p+1/t19-/m0/s1. The molecule has 0 aromatic heterocycles. The van der Waals surface area contributed by atoms with Crippen LogP contribution in [0.15, 0.2) is 42.0 Å². The molecule has 0 radical (unpaired) electrons. The SMILES string of the molecule is CC(C)=CCC[C@H](C)CC[NH+]1CCN(c2ccccc2)CC1. The first kappa shape index (κ1) is 17.1. The van der Waals surface area contributed by atoms with Gasteiger partial charge in [-0.15, -0.1) is 0 Å². The van der Waals surface area contributed by atoms with Gasteiger partial charge in [-0.2, -0.15) is 0 Å². The predicted molar refractivity (Wildman–Crippen MR) is 96.7 cm³/mol. The summed E-state index contributed by atoms with van der Waals surface area (Å²) in [4.78, 5) is 4.32. The van der Waals surface area contributed by atoms with Crippen LogP contribution in [0.4, 0.5) is 5.69 Å². The molecule has 0 aliphatic carbocycles. The van der Waals surface area contributed by atoms with Gasteiger partial charge in [-0.1, -0.05) is 36.8 Å². The molecule has 1 aromatic carbocycles. The molecular formula is C20H33N2+. The summed E-state index contributed by atoms with van der Waals surface area (Å²) >= 11 is 0. The van der Waals surface area contributed by atoms with Gasteiger partial charge in [-0.25, -0.2) is 0 Å². The number of hydrogen-bond donors (Lipinski definition) is 1. The molecule has 0 unspecified atom stereocenters. The highest BCUT2D eigenvalue weighted by Crippen LogP contribution is 2.13. The van der Waals surface area contributed by atoms with Gasteiger partial charge in [0, 0.05) is 5.69 Å². The Bertz CT molecular complexity index is 440. The molecule has 1 N–H and O–H groups in total. The van der Waals surface area contributed by atoms with E-state index < -0.39 is 0 Å². The second kappa shape index (κ2) is 8.99. The highest BCUT2D eigenvalue weighted by atomic mass is 15.3. The zero-order valence-electron chi connectivity index (χ0n) is 14.6. The van der Waals surface area contributed by atoms with Crippen molar-refractivity contribution in [2.75, 3.05) is 37.6 Å². The first-order valence-electron chi connectivity index (χ1n) is 8.92. The minimum atomic E-state index is 0.857. The molecule has 2 heteroatoms. The summed E-state index contributed by atoms with van der Waals surface area (Å²) in [5.41, 5.74) is 2.84. The van der Waals surface area contributed by atoms with Gasteiger partial charge in [-0.3, -0.25) is 0 Å². The zero-order chi connectivity index (χ0) is 15.8. The van der Waals surface area contributed by atoms with Crippen molar-refractivity contribution in [2.24, 2.45) is 5.92 Å². The third-order valence-corrected chi connectivity index (χ3v) is 4.79. The average molecular weight is 301 g/mol. The van der Waals surface area contributed by atoms with Crippen LogP contribution in [-0.2, 0) is 0 Å². The third kappa shape index (κ3) is 5.84. The van der Waals surface area contributed by atoms with Crippen molar-refractivity contribution in [2.45, 2.75) is 40.0 Å². The van der Waals surface area contributed by atoms with E-state index in [1.54, 1.807) is 4.90 Å². The molecule has 0 amide bonds. The van der Waals surface area contributed by atoms with E-state index in [4.69, 9.17) is 0 Å². The van der Waals surface area contributed by atoms with Crippen LogP contribution in [0.5, 0.6) is 0 Å². The van der Waals surface area contributed by atoms with Gasteiger partial charge in [-0.05, 0) is 51.2 Å². The second-order valence-corrected chi connectivity index (χ2v) is 7.08. The van der Waals surface area contributed by atoms with Crippen molar-refractivity contribution in [3.8, 4) is 0 Å². The molecule has 2 rings (SSSR count). The molecule has 0 spiro atoms. The van der Waals surface area contributed by atoms with Crippen molar-refractivity contribution < 1.29 is 4.90 Å². The average Bonchev–Trinajstić information content (AvgIpc) is 2.54. The molecule has 1 fully saturated rings. The lowest BCUT2D eigenvalue weighted by molar-refractivity contribution is -0.901. The van der Waals surface area contributed by atoms with Crippen LogP contribution < -0.4 is 9.80 Å². The Morgan fingerprint density at radius 3 is 2.45 bits per heavy atom. The van der Waals surface area contributed by atoms with Gasteiger partial charge in [0.1, 0.15) is 0 Å². The maximum absolute atomic E-state index is 2.53. The molecule has 0 saturated carbocycles. The molecule has 0 bridgehead atoms. The number of nitrogens with zero attached hydrogens (tertiary/aromatic N) is 1. The van der Waals surface area contributed by atoms with Crippen LogP contribution in [0.2, 0.25) is 0 Å². The van der Waals surface area contributed by atoms with Crippen LogP contribution in [-0.4, -0.2) is 32.7 Å². The Kier molecular flexibility index (Phi) is 6.98. The molecule has 22 heavy (non-hydrogen) atoms. The van der Waals surface area contributed by atoms with Crippen molar-refractivity contribution in [3.05, 3.63) is 42.0 Å². The fourth-order valence-corrected chi connectivity index (χ4v) is 3.22. The number of hydrogen-bond acceptors (Lipinski definition) is 1. The lowest BCUT2D eigenvalue weighted by Crippen LogP contribution is -3.14. The first-order valence-corrected chi connectivity index (χ1v) is 8.92. The molecular weight excluding hydrogens is 268 g/mol. The molecule has 1 heterocycles. The molecule has 1 saturated heterocycles. The largest absolute Gasteiger partial charge is 0.360 e. The predicted octanol–water partition coefficient (Wildman–Crippen LogP) is 3.16. The van der Waals surface area contributed by atoms with E-state index in [2.05, 4.69) is 62.1 Å². The Morgan fingerprint density at radius 1 is 1.14 bits per heavy atom. The second-order valence-electron chi connectivity index (χ2n) is 7.08. The van der Waals surface area contributed by atoms with Crippen LogP contribution in [0.25, 0.3) is 0 Å².